The Morgan fingerprint density at radius 3 is 2.64 bits per heavy atom. The van der Waals surface area contributed by atoms with Crippen LogP contribution in [0.25, 0.3) is 10.9 Å². The zero-order valence-corrected chi connectivity index (χ0v) is 13.7. The van der Waals surface area contributed by atoms with Gasteiger partial charge in [-0.2, -0.15) is 10.2 Å². The first-order chi connectivity index (χ1) is 12.2. The summed E-state index contributed by atoms with van der Waals surface area (Å²) in [6, 6.07) is 16.2. The summed E-state index contributed by atoms with van der Waals surface area (Å²) in [6.45, 7) is 1.80. The Bertz CT molecular complexity index is 946. The van der Waals surface area contributed by atoms with E-state index in [1.165, 1.54) is 0 Å². The van der Waals surface area contributed by atoms with Crippen molar-refractivity contribution in [3.05, 3.63) is 59.9 Å². The van der Waals surface area contributed by atoms with Crippen LogP contribution in [0.2, 0.25) is 0 Å². The number of benzene rings is 2. The van der Waals surface area contributed by atoms with Crippen molar-refractivity contribution in [2.45, 2.75) is 13.3 Å². The van der Waals surface area contributed by atoms with E-state index in [-0.39, 0.29) is 12.5 Å². The Hall–Kier alpha value is -3.46. The van der Waals surface area contributed by atoms with Crippen molar-refractivity contribution in [2.24, 2.45) is 0 Å². The number of carbonyl (C=O) groups excluding carboxylic acids is 1. The molecule has 0 bridgehead atoms. The van der Waals surface area contributed by atoms with Crippen molar-refractivity contribution in [1.82, 2.24) is 9.97 Å². The van der Waals surface area contributed by atoms with E-state index in [2.05, 4.69) is 15.3 Å². The van der Waals surface area contributed by atoms with Crippen LogP contribution in [0.3, 0.4) is 0 Å². The first-order valence-corrected chi connectivity index (χ1v) is 7.88. The second-order valence-electron chi connectivity index (χ2n) is 5.34. The van der Waals surface area contributed by atoms with Gasteiger partial charge in [0.05, 0.1) is 22.5 Å². The van der Waals surface area contributed by atoms with Crippen molar-refractivity contribution in [1.29, 1.82) is 5.26 Å². The van der Waals surface area contributed by atoms with Crippen molar-refractivity contribution in [2.75, 3.05) is 11.9 Å². The number of ether oxygens (including phenoxy) is 1. The molecule has 0 aliphatic rings. The maximum atomic E-state index is 12.1. The van der Waals surface area contributed by atoms with Crippen LogP contribution in [-0.2, 0) is 11.2 Å². The van der Waals surface area contributed by atoms with Gasteiger partial charge in [-0.15, -0.1) is 0 Å². The van der Waals surface area contributed by atoms with Crippen molar-refractivity contribution in [3.8, 4) is 11.9 Å². The second-order valence-corrected chi connectivity index (χ2v) is 5.34. The number of aryl methyl sites for hydroxylation is 1. The van der Waals surface area contributed by atoms with Gasteiger partial charge in [0.15, 0.2) is 6.61 Å². The topological polar surface area (TPSA) is 87.9 Å². The summed E-state index contributed by atoms with van der Waals surface area (Å²) in [5.74, 6) is 0.768. The smallest absolute Gasteiger partial charge is 0.262 e. The first-order valence-electron chi connectivity index (χ1n) is 7.88. The molecule has 0 saturated heterocycles. The molecule has 3 rings (SSSR count). The minimum absolute atomic E-state index is 0.163. The average molecular weight is 332 g/mol. The van der Waals surface area contributed by atoms with E-state index in [1.54, 1.807) is 24.3 Å². The third kappa shape index (κ3) is 3.90. The molecule has 0 unspecified atom stereocenters. The molecule has 0 saturated carbocycles. The number of hydrogen-bond acceptors (Lipinski definition) is 5. The number of nitriles is 1. The molecule has 2 aromatic carbocycles. The Labute approximate surface area is 145 Å². The van der Waals surface area contributed by atoms with E-state index in [9.17, 15) is 4.79 Å². The van der Waals surface area contributed by atoms with Gasteiger partial charge in [0.25, 0.3) is 5.91 Å². The molecule has 1 heterocycles. The van der Waals surface area contributed by atoms with Gasteiger partial charge in [-0.25, -0.2) is 4.98 Å². The molecule has 6 nitrogen and oxygen atoms in total. The fraction of sp³-hybridized carbons (Fsp3) is 0.158. The number of rotatable bonds is 5. The van der Waals surface area contributed by atoms with Gasteiger partial charge in [0, 0.05) is 12.1 Å². The van der Waals surface area contributed by atoms with Gasteiger partial charge in [0.1, 0.15) is 5.82 Å². The molecule has 0 spiro atoms. The summed E-state index contributed by atoms with van der Waals surface area (Å²) in [4.78, 5) is 20.9. The summed E-state index contributed by atoms with van der Waals surface area (Å²) in [7, 11) is 0. The molecule has 0 radical (unpaired) electrons. The molecular weight excluding hydrogens is 316 g/mol. The summed E-state index contributed by atoms with van der Waals surface area (Å²) < 4.78 is 5.63. The van der Waals surface area contributed by atoms with Crippen LogP contribution in [0.4, 0.5) is 5.69 Å². The Morgan fingerprint density at radius 2 is 1.92 bits per heavy atom. The lowest BCUT2D eigenvalue weighted by molar-refractivity contribution is -0.118. The Balaban J connectivity index is 1.71. The highest BCUT2D eigenvalue weighted by Crippen LogP contribution is 2.22. The summed E-state index contributed by atoms with van der Waals surface area (Å²) in [5, 5.41) is 12.3. The van der Waals surface area contributed by atoms with E-state index in [1.807, 2.05) is 37.3 Å². The quantitative estimate of drug-likeness (QED) is 0.775. The molecule has 1 aromatic heterocycles. The van der Waals surface area contributed by atoms with Gasteiger partial charge in [0.2, 0.25) is 5.88 Å². The Kier molecular flexibility index (Phi) is 4.86. The second kappa shape index (κ2) is 7.41. The normalized spacial score (nSPS) is 10.2. The fourth-order valence-electron chi connectivity index (χ4n) is 2.32. The lowest BCUT2D eigenvalue weighted by Crippen LogP contribution is -2.20. The fourth-order valence-corrected chi connectivity index (χ4v) is 2.32. The predicted octanol–water partition coefficient (Wildman–Crippen LogP) is 3.08. The number of amides is 1. The molecule has 0 aliphatic carbocycles. The molecule has 3 aromatic rings. The molecule has 6 heteroatoms. The number of carbonyl (C=O) groups is 1. The summed E-state index contributed by atoms with van der Waals surface area (Å²) in [5.41, 5.74) is 1.93. The number of fused-ring (bicyclic) bond motifs is 1. The third-order valence-corrected chi connectivity index (χ3v) is 3.57. The number of aromatic nitrogens is 2. The summed E-state index contributed by atoms with van der Waals surface area (Å²) in [6.07, 6.45) is 0.679. The van der Waals surface area contributed by atoms with Gasteiger partial charge < -0.3 is 10.1 Å². The largest absolute Gasteiger partial charge is 0.467 e. The van der Waals surface area contributed by atoms with Crippen LogP contribution >= 0.6 is 0 Å². The van der Waals surface area contributed by atoms with Crippen molar-refractivity contribution < 1.29 is 9.53 Å². The van der Waals surface area contributed by atoms with Crippen LogP contribution in [0.1, 0.15) is 18.3 Å². The molecule has 25 heavy (non-hydrogen) atoms. The van der Waals surface area contributed by atoms with Crippen LogP contribution in [0, 0.1) is 11.3 Å². The van der Waals surface area contributed by atoms with E-state index < -0.39 is 0 Å². The maximum absolute atomic E-state index is 12.1. The number of nitrogens with zero attached hydrogens (tertiary/aromatic N) is 3. The van der Waals surface area contributed by atoms with Crippen LogP contribution < -0.4 is 10.1 Å². The zero-order valence-electron chi connectivity index (χ0n) is 13.7. The number of para-hydroxylation sites is 1. The zero-order chi connectivity index (χ0) is 17.6. The van der Waals surface area contributed by atoms with Gasteiger partial charge in [-0.3, -0.25) is 4.79 Å². The van der Waals surface area contributed by atoms with Crippen molar-refractivity contribution >= 4 is 22.5 Å². The standard InChI is InChI=1S/C19H16N4O2/c1-2-17-22-16-6-4-3-5-15(16)19(23-17)25-12-18(24)21-14-9-7-13(11-20)8-10-14/h3-10H,2,12H2,1H3,(H,21,24). The van der Waals surface area contributed by atoms with E-state index >= 15 is 0 Å². The van der Waals surface area contributed by atoms with Crippen LogP contribution in [-0.4, -0.2) is 22.5 Å². The number of nitrogens with one attached hydrogen (secondary N) is 1. The minimum Gasteiger partial charge on any atom is -0.467 e. The van der Waals surface area contributed by atoms with Gasteiger partial charge >= 0.3 is 0 Å². The molecular formula is C19H16N4O2. The highest BCUT2D eigenvalue weighted by atomic mass is 16.5. The molecule has 124 valence electrons. The van der Waals surface area contributed by atoms with Crippen LogP contribution in [0.15, 0.2) is 48.5 Å². The number of hydrogen-bond donors (Lipinski definition) is 1. The van der Waals surface area contributed by atoms with Gasteiger partial charge in [-0.1, -0.05) is 19.1 Å². The molecule has 0 aliphatic heterocycles. The molecule has 0 fully saturated rings. The van der Waals surface area contributed by atoms with E-state index in [4.69, 9.17) is 10.00 Å². The maximum Gasteiger partial charge on any atom is 0.262 e. The Morgan fingerprint density at radius 1 is 1.16 bits per heavy atom. The van der Waals surface area contributed by atoms with E-state index in [0.717, 1.165) is 10.9 Å². The summed E-state index contributed by atoms with van der Waals surface area (Å²) >= 11 is 0. The highest BCUT2D eigenvalue weighted by molar-refractivity contribution is 5.92. The van der Waals surface area contributed by atoms with Crippen LogP contribution in [0.5, 0.6) is 5.88 Å². The lowest BCUT2D eigenvalue weighted by Gasteiger charge is -2.10. The highest BCUT2D eigenvalue weighted by Gasteiger charge is 2.10. The lowest BCUT2D eigenvalue weighted by atomic mass is 10.2. The first kappa shape index (κ1) is 16.4. The molecule has 1 amide bonds. The molecule has 1 N–H and O–H groups in total. The van der Waals surface area contributed by atoms with E-state index in [0.29, 0.717) is 29.4 Å². The predicted molar refractivity (Wildman–Crippen MR) is 94.2 cm³/mol. The molecule has 0 atom stereocenters. The minimum atomic E-state index is -0.301. The number of anilines is 1. The third-order valence-electron chi connectivity index (χ3n) is 3.57. The van der Waals surface area contributed by atoms with Gasteiger partial charge in [-0.05, 0) is 36.4 Å². The monoisotopic (exact) mass is 332 g/mol. The SMILES string of the molecule is CCc1nc(OCC(=O)Nc2ccc(C#N)cc2)c2ccccc2n1. The average Bonchev–Trinajstić information content (AvgIpc) is 2.66. The van der Waals surface area contributed by atoms with Crippen molar-refractivity contribution in [3.63, 3.8) is 0 Å².